The standard InChI is InChI=1S/C10H7BrN4O2/c11-6-1-2-12-8(3-6)15-10(17)7-4-14-9(16)5-13-7/h1-5H,(H,14,16)(H,12,15,17). The zero-order valence-corrected chi connectivity index (χ0v) is 10.1. The van der Waals surface area contributed by atoms with Crippen molar-refractivity contribution in [1.82, 2.24) is 15.0 Å². The van der Waals surface area contributed by atoms with Crippen LogP contribution in [0.25, 0.3) is 0 Å². The fourth-order valence-electron chi connectivity index (χ4n) is 1.12. The van der Waals surface area contributed by atoms with Gasteiger partial charge in [0.1, 0.15) is 11.5 Å². The Hall–Kier alpha value is -2.02. The molecule has 1 amide bonds. The van der Waals surface area contributed by atoms with Crippen LogP contribution in [0.15, 0.2) is 40.0 Å². The molecule has 0 atom stereocenters. The predicted octanol–water partition coefficient (Wildman–Crippen LogP) is 1.18. The minimum atomic E-state index is -0.438. The molecule has 0 aliphatic heterocycles. The van der Waals surface area contributed by atoms with E-state index in [2.05, 4.69) is 36.2 Å². The summed E-state index contributed by atoms with van der Waals surface area (Å²) in [6.07, 6.45) is 3.85. The third-order valence-corrected chi connectivity index (χ3v) is 2.36. The van der Waals surface area contributed by atoms with E-state index in [0.29, 0.717) is 5.82 Å². The van der Waals surface area contributed by atoms with Crippen LogP contribution in [0.5, 0.6) is 0 Å². The van der Waals surface area contributed by atoms with Gasteiger partial charge in [0.15, 0.2) is 0 Å². The summed E-state index contributed by atoms with van der Waals surface area (Å²) in [5.41, 5.74) is -0.242. The Morgan fingerprint density at radius 2 is 2.24 bits per heavy atom. The van der Waals surface area contributed by atoms with Crippen molar-refractivity contribution in [3.05, 3.63) is 51.2 Å². The van der Waals surface area contributed by atoms with Crippen LogP contribution in [-0.2, 0) is 0 Å². The minimum Gasteiger partial charge on any atom is -0.325 e. The summed E-state index contributed by atoms with van der Waals surface area (Å²) in [7, 11) is 0. The van der Waals surface area contributed by atoms with E-state index >= 15 is 0 Å². The molecule has 7 heteroatoms. The van der Waals surface area contributed by atoms with Crippen LogP contribution >= 0.6 is 15.9 Å². The van der Waals surface area contributed by atoms with Crippen LogP contribution in [0.3, 0.4) is 0 Å². The summed E-state index contributed by atoms with van der Waals surface area (Å²) in [6.45, 7) is 0. The fraction of sp³-hybridized carbons (Fsp3) is 0. The van der Waals surface area contributed by atoms with Crippen LogP contribution in [0.2, 0.25) is 0 Å². The first-order valence-corrected chi connectivity index (χ1v) is 5.42. The smallest absolute Gasteiger partial charge is 0.276 e. The molecule has 0 radical (unpaired) electrons. The number of amides is 1. The highest BCUT2D eigenvalue weighted by Gasteiger charge is 2.08. The highest BCUT2D eigenvalue weighted by Crippen LogP contribution is 2.12. The van der Waals surface area contributed by atoms with Crippen LogP contribution in [0, 0.1) is 0 Å². The second-order valence-electron chi connectivity index (χ2n) is 3.11. The lowest BCUT2D eigenvalue weighted by Gasteiger charge is -2.03. The molecule has 6 nitrogen and oxygen atoms in total. The molecule has 0 saturated carbocycles. The van der Waals surface area contributed by atoms with Crippen LogP contribution in [0.1, 0.15) is 10.5 Å². The molecule has 2 aromatic rings. The van der Waals surface area contributed by atoms with Crippen LogP contribution < -0.4 is 10.9 Å². The van der Waals surface area contributed by atoms with Gasteiger partial charge in [-0.3, -0.25) is 9.59 Å². The fourth-order valence-corrected chi connectivity index (χ4v) is 1.45. The number of pyridine rings is 1. The van der Waals surface area contributed by atoms with Crippen molar-refractivity contribution in [2.45, 2.75) is 0 Å². The van der Waals surface area contributed by atoms with E-state index in [0.717, 1.165) is 10.7 Å². The Labute approximate surface area is 104 Å². The largest absolute Gasteiger partial charge is 0.325 e. The molecule has 0 bridgehead atoms. The molecule has 0 aliphatic carbocycles. The molecule has 0 aromatic carbocycles. The summed E-state index contributed by atoms with van der Waals surface area (Å²) >= 11 is 3.26. The predicted molar refractivity (Wildman–Crippen MR) is 64.7 cm³/mol. The van der Waals surface area contributed by atoms with Gasteiger partial charge in [0, 0.05) is 16.9 Å². The van der Waals surface area contributed by atoms with Crippen molar-refractivity contribution in [3.8, 4) is 0 Å². The number of nitrogens with one attached hydrogen (secondary N) is 2. The molecule has 0 aliphatic rings. The molecule has 86 valence electrons. The van der Waals surface area contributed by atoms with Gasteiger partial charge in [-0.05, 0) is 12.1 Å². The second-order valence-corrected chi connectivity index (χ2v) is 4.03. The van der Waals surface area contributed by atoms with Gasteiger partial charge >= 0.3 is 0 Å². The highest BCUT2D eigenvalue weighted by molar-refractivity contribution is 9.10. The monoisotopic (exact) mass is 294 g/mol. The molecule has 0 saturated heterocycles. The normalized spacial score (nSPS) is 9.94. The lowest BCUT2D eigenvalue weighted by Crippen LogP contribution is -2.17. The van der Waals surface area contributed by atoms with Crippen molar-refractivity contribution in [2.75, 3.05) is 5.32 Å². The maximum absolute atomic E-state index is 11.7. The number of rotatable bonds is 2. The molecular formula is C10H7BrN4O2. The molecular weight excluding hydrogens is 288 g/mol. The number of hydrogen-bond donors (Lipinski definition) is 2. The van der Waals surface area contributed by atoms with Gasteiger partial charge in [0.2, 0.25) is 0 Å². The van der Waals surface area contributed by atoms with E-state index in [4.69, 9.17) is 0 Å². The van der Waals surface area contributed by atoms with E-state index in [1.54, 1.807) is 18.3 Å². The van der Waals surface area contributed by atoms with Gasteiger partial charge in [-0.15, -0.1) is 0 Å². The lowest BCUT2D eigenvalue weighted by molar-refractivity contribution is 0.102. The lowest BCUT2D eigenvalue weighted by atomic mass is 10.4. The summed E-state index contributed by atoms with van der Waals surface area (Å²) in [4.78, 5) is 32.5. The molecule has 2 aromatic heterocycles. The first-order chi connectivity index (χ1) is 8.15. The van der Waals surface area contributed by atoms with Gasteiger partial charge in [-0.2, -0.15) is 0 Å². The molecule has 0 unspecified atom stereocenters. The maximum Gasteiger partial charge on any atom is 0.276 e. The number of halogens is 1. The van der Waals surface area contributed by atoms with Gasteiger partial charge in [-0.25, -0.2) is 9.97 Å². The first-order valence-electron chi connectivity index (χ1n) is 4.63. The third kappa shape index (κ3) is 2.97. The summed E-state index contributed by atoms with van der Waals surface area (Å²) in [5.74, 6) is -0.0378. The van der Waals surface area contributed by atoms with Crippen molar-refractivity contribution in [3.63, 3.8) is 0 Å². The van der Waals surface area contributed by atoms with Crippen molar-refractivity contribution >= 4 is 27.7 Å². The zero-order valence-electron chi connectivity index (χ0n) is 8.48. The first kappa shape index (κ1) is 11.5. The summed E-state index contributed by atoms with van der Waals surface area (Å²) in [6, 6.07) is 3.40. The third-order valence-electron chi connectivity index (χ3n) is 1.87. The Balaban J connectivity index is 2.17. The van der Waals surface area contributed by atoms with Gasteiger partial charge in [-0.1, -0.05) is 15.9 Å². The van der Waals surface area contributed by atoms with E-state index in [9.17, 15) is 9.59 Å². The minimum absolute atomic E-state index is 0.117. The number of aromatic amines is 1. The molecule has 2 rings (SSSR count). The molecule has 2 heterocycles. The van der Waals surface area contributed by atoms with E-state index in [-0.39, 0.29) is 11.3 Å². The Bertz CT molecular complexity index is 591. The molecule has 0 spiro atoms. The zero-order chi connectivity index (χ0) is 12.3. The van der Waals surface area contributed by atoms with Gasteiger partial charge in [0.05, 0.1) is 6.20 Å². The number of aromatic nitrogens is 3. The molecule has 17 heavy (non-hydrogen) atoms. The van der Waals surface area contributed by atoms with Crippen LogP contribution in [0.4, 0.5) is 5.82 Å². The Morgan fingerprint density at radius 1 is 1.41 bits per heavy atom. The number of anilines is 1. The quantitative estimate of drug-likeness (QED) is 0.871. The van der Waals surface area contributed by atoms with E-state index in [1.165, 1.54) is 6.20 Å². The average Bonchev–Trinajstić information content (AvgIpc) is 2.29. The summed E-state index contributed by atoms with van der Waals surface area (Å²) < 4.78 is 0.803. The van der Waals surface area contributed by atoms with Crippen molar-refractivity contribution in [2.24, 2.45) is 0 Å². The van der Waals surface area contributed by atoms with Crippen molar-refractivity contribution < 1.29 is 4.79 Å². The van der Waals surface area contributed by atoms with E-state index in [1.807, 2.05) is 0 Å². The Kier molecular flexibility index (Phi) is 3.29. The van der Waals surface area contributed by atoms with E-state index < -0.39 is 5.91 Å². The maximum atomic E-state index is 11.7. The second kappa shape index (κ2) is 4.88. The molecule has 2 N–H and O–H groups in total. The van der Waals surface area contributed by atoms with Gasteiger partial charge < -0.3 is 10.3 Å². The van der Waals surface area contributed by atoms with Crippen molar-refractivity contribution in [1.29, 1.82) is 0 Å². The average molecular weight is 295 g/mol. The topological polar surface area (TPSA) is 87.7 Å². The highest BCUT2D eigenvalue weighted by atomic mass is 79.9. The number of carbonyl (C=O) groups excluding carboxylic acids is 1. The number of H-pyrrole nitrogens is 1. The van der Waals surface area contributed by atoms with Gasteiger partial charge in [0.25, 0.3) is 11.5 Å². The molecule has 0 fully saturated rings. The SMILES string of the molecule is O=C(Nc1cc(Br)ccn1)c1c[nH]c(=O)cn1. The summed E-state index contributed by atoms with van der Waals surface area (Å²) in [5, 5.41) is 2.55. The number of nitrogens with zero attached hydrogens (tertiary/aromatic N) is 2. The Morgan fingerprint density at radius 3 is 2.88 bits per heavy atom. The number of hydrogen-bond acceptors (Lipinski definition) is 4. The van der Waals surface area contributed by atoms with Crippen LogP contribution in [-0.4, -0.2) is 20.9 Å². The number of carbonyl (C=O) groups is 1.